The van der Waals surface area contributed by atoms with Gasteiger partial charge in [0.1, 0.15) is 10.6 Å². The number of anilines is 1. The van der Waals surface area contributed by atoms with Crippen LogP contribution in [0.1, 0.15) is 51.9 Å². The molecule has 10 heteroatoms. The molecule has 1 aliphatic heterocycles. The highest BCUT2D eigenvalue weighted by molar-refractivity contribution is 7.17. The Kier molecular flexibility index (Phi) is 7.82. The highest BCUT2D eigenvalue weighted by atomic mass is 32.1. The van der Waals surface area contributed by atoms with Crippen LogP contribution in [0.15, 0.2) is 48.0 Å². The zero-order valence-electron chi connectivity index (χ0n) is 21.7. The van der Waals surface area contributed by atoms with Crippen LogP contribution in [0.2, 0.25) is 0 Å². The number of aliphatic hydroxyl groups is 1. The van der Waals surface area contributed by atoms with Gasteiger partial charge in [-0.15, -0.1) is 0 Å². The summed E-state index contributed by atoms with van der Waals surface area (Å²) in [5.74, 6) is -1.72. The number of ether oxygens (including phenoxy) is 3. The third-order valence-corrected chi connectivity index (χ3v) is 7.15. The summed E-state index contributed by atoms with van der Waals surface area (Å²) >= 11 is 0.938. The van der Waals surface area contributed by atoms with Gasteiger partial charge < -0.3 is 19.3 Å². The zero-order valence-corrected chi connectivity index (χ0v) is 22.5. The molecule has 1 atom stereocenters. The van der Waals surface area contributed by atoms with E-state index in [1.165, 1.54) is 12.0 Å². The average molecular weight is 537 g/mol. The number of carbonyl (C=O) groups is 3. The van der Waals surface area contributed by atoms with Gasteiger partial charge in [0, 0.05) is 5.56 Å². The van der Waals surface area contributed by atoms with Crippen molar-refractivity contribution >= 4 is 39.9 Å². The van der Waals surface area contributed by atoms with Gasteiger partial charge in [0.2, 0.25) is 0 Å². The highest BCUT2D eigenvalue weighted by Crippen LogP contribution is 2.45. The molecule has 1 aliphatic rings. The van der Waals surface area contributed by atoms with Crippen LogP contribution in [0.25, 0.3) is 5.76 Å². The zero-order chi connectivity index (χ0) is 27.6. The Labute approximate surface area is 224 Å². The van der Waals surface area contributed by atoms with Crippen molar-refractivity contribution < 1.29 is 33.7 Å². The van der Waals surface area contributed by atoms with Gasteiger partial charge in [-0.05, 0) is 45.4 Å². The van der Waals surface area contributed by atoms with Crippen LogP contribution in [0, 0.1) is 13.8 Å². The SMILES string of the molecule is CCOc1ccc(C2/C(=C(\O)c3ccc(C)cc3)C(=O)C(=O)N2c2nc(C)c(C(=O)OC)s2)cc1OCC. The van der Waals surface area contributed by atoms with Crippen molar-refractivity contribution in [3.05, 3.63) is 75.3 Å². The van der Waals surface area contributed by atoms with Crippen LogP contribution in [0.4, 0.5) is 5.13 Å². The first-order valence-electron chi connectivity index (χ1n) is 12.0. The quantitative estimate of drug-likeness (QED) is 0.186. The minimum Gasteiger partial charge on any atom is -0.507 e. The number of aryl methyl sites for hydroxylation is 2. The number of thiazole rings is 1. The van der Waals surface area contributed by atoms with E-state index in [-0.39, 0.29) is 21.3 Å². The van der Waals surface area contributed by atoms with Crippen molar-refractivity contribution in [3.63, 3.8) is 0 Å². The number of hydrogen-bond acceptors (Lipinski definition) is 9. The van der Waals surface area contributed by atoms with Crippen LogP contribution >= 0.6 is 11.3 Å². The first-order valence-corrected chi connectivity index (χ1v) is 12.9. The number of hydrogen-bond donors (Lipinski definition) is 1. The molecular formula is C28H28N2O7S. The molecule has 1 unspecified atom stereocenters. The van der Waals surface area contributed by atoms with Crippen LogP contribution < -0.4 is 14.4 Å². The van der Waals surface area contributed by atoms with Gasteiger partial charge in [-0.2, -0.15) is 0 Å². The number of aliphatic hydroxyl groups excluding tert-OH is 1. The number of benzene rings is 2. The van der Waals surface area contributed by atoms with E-state index in [0.29, 0.717) is 41.5 Å². The van der Waals surface area contributed by atoms with Crippen LogP contribution in [0.3, 0.4) is 0 Å². The topological polar surface area (TPSA) is 115 Å². The Hall–Kier alpha value is -4.18. The van der Waals surface area contributed by atoms with Crippen molar-refractivity contribution in [1.29, 1.82) is 0 Å². The fraction of sp³-hybridized carbons (Fsp3) is 0.286. The Bertz CT molecular complexity index is 1430. The summed E-state index contributed by atoms with van der Waals surface area (Å²) < 4.78 is 16.3. The molecular weight excluding hydrogens is 508 g/mol. The summed E-state index contributed by atoms with van der Waals surface area (Å²) in [5, 5.41) is 11.5. The molecule has 0 bridgehead atoms. The molecule has 1 aromatic heterocycles. The maximum absolute atomic E-state index is 13.5. The number of carbonyl (C=O) groups excluding carboxylic acids is 3. The van der Waals surface area contributed by atoms with E-state index in [9.17, 15) is 19.5 Å². The molecule has 1 amide bonds. The third-order valence-electron chi connectivity index (χ3n) is 6.01. The second-order valence-corrected chi connectivity index (χ2v) is 9.49. The highest BCUT2D eigenvalue weighted by Gasteiger charge is 2.48. The summed E-state index contributed by atoms with van der Waals surface area (Å²) in [6, 6.07) is 11.0. The number of ketones is 1. The minimum absolute atomic E-state index is 0.0991. The third kappa shape index (κ3) is 4.87. The summed E-state index contributed by atoms with van der Waals surface area (Å²) in [6.07, 6.45) is 0. The maximum Gasteiger partial charge on any atom is 0.350 e. The van der Waals surface area contributed by atoms with E-state index >= 15 is 0 Å². The lowest BCUT2D eigenvalue weighted by Gasteiger charge is -2.24. The molecule has 3 aromatic rings. The Morgan fingerprint density at radius 3 is 2.32 bits per heavy atom. The fourth-order valence-electron chi connectivity index (χ4n) is 4.22. The van der Waals surface area contributed by atoms with Crippen molar-refractivity contribution in [2.45, 2.75) is 33.7 Å². The van der Waals surface area contributed by atoms with Crippen molar-refractivity contribution in [2.75, 3.05) is 25.2 Å². The monoisotopic (exact) mass is 536 g/mol. The van der Waals surface area contributed by atoms with E-state index in [1.807, 2.05) is 20.8 Å². The first-order chi connectivity index (χ1) is 18.2. The lowest BCUT2D eigenvalue weighted by Crippen LogP contribution is -2.29. The molecule has 9 nitrogen and oxygen atoms in total. The van der Waals surface area contributed by atoms with Gasteiger partial charge >= 0.3 is 11.9 Å². The molecule has 38 heavy (non-hydrogen) atoms. The van der Waals surface area contributed by atoms with Gasteiger partial charge in [-0.1, -0.05) is 47.2 Å². The number of Topliss-reactive ketones (excluding diaryl/α,β-unsaturated/α-hetero) is 1. The molecule has 2 heterocycles. The van der Waals surface area contributed by atoms with E-state index in [2.05, 4.69) is 4.98 Å². The predicted molar refractivity (Wildman–Crippen MR) is 143 cm³/mol. The second-order valence-electron chi connectivity index (χ2n) is 8.51. The largest absolute Gasteiger partial charge is 0.507 e. The molecule has 0 spiro atoms. The number of nitrogens with zero attached hydrogens (tertiary/aromatic N) is 2. The average Bonchev–Trinajstić information content (AvgIpc) is 3.41. The molecule has 198 valence electrons. The van der Waals surface area contributed by atoms with Crippen LogP contribution in [0.5, 0.6) is 11.5 Å². The Morgan fingerprint density at radius 1 is 1.03 bits per heavy atom. The maximum atomic E-state index is 13.5. The lowest BCUT2D eigenvalue weighted by atomic mass is 9.95. The van der Waals surface area contributed by atoms with Crippen LogP contribution in [-0.4, -0.2) is 48.1 Å². The van der Waals surface area contributed by atoms with E-state index < -0.39 is 23.7 Å². The summed E-state index contributed by atoms with van der Waals surface area (Å²) in [4.78, 5) is 45.0. The Balaban J connectivity index is 1.95. The van der Waals surface area contributed by atoms with Crippen molar-refractivity contribution in [3.8, 4) is 11.5 Å². The fourth-order valence-corrected chi connectivity index (χ4v) is 5.23. The molecule has 0 radical (unpaired) electrons. The molecule has 0 aliphatic carbocycles. The van der Waals surface area contributed by atoms with Gasteiger partial charge in [0.25, 0.3) is 5.78 Å². The molecule has 1 fully saturated rings. The van der Waals surface area contributed by atoms with E-state index in [0.717, 1.165) is 16.9 Å². The summed E-state index contributed by atoms with van der Waals surface area (Å²) in [7, 11) is 1.25. The van der Waals surface area contributed by atoms with E-state index in [4.69, 9.17) is 14.2 Å². The molecule has 1 saturated heterocycles. The summed E-state index contributed by atoms with van der Waals surface area (Å²) in [6.45, 7) is 7.99. The summed E-state index contributed by atoms with van der Waals surface area (Å²) in [5.41, 5.74) is 2.12. The van der Waals surface area contributed by atoms with Gasteiger partial charge in [0.15, 0.2) is 16.6 Å². The number of rotatable bonds is 8. The molecule has 0 saturated carbocycles. The molecule has 1 N–H and O–H groups in total. The van der Waals surface area contributed by atoms with E-state index in [1.54, 1.807) is 49.4 Å². The van der Waals surface area contributed by atoms with Crippen LogP contribution in [-0.2, 0) is 14.3 Å². The number of aromatic nitrogens is 1. The first kappa shape index (κ1) is 26.9. The number of esters is 1. The Morgan fingerprint density at radius 2 is 1.68 bits per heavy atom. The normalized spacial score (nSPS) is 16.6. The number of methoxy groups -OCH3 is 1. The smallest absolute Gasteiger partial charge is 0.350 e. The predicted octanol–water partition coefficient (Wildman–Crippen LogP) is 4.97. The lowest BCUT2D eigenvalue weighted by molar-refractivity contribution is -0.132. The van der Waals surface area contributed by atoms with Gasteiger partial charge in [-0.25, -0.2) is 9.78 Å². The van der Waals surface area contributed by atoms with Gasteiger partial charge in [-0.3, -0.25) is 14.5 Å². The second kappa shape index (κ2) is 11.1. The minimum atomic E-state index is -1.04. The van der Waals surface area contributed by atoms with Crippen molar-refractivity contribution in [1.82, 2.24) is 4.98 Å². The molecule has 2 aromatic carbocycles. The van der Waals surface area contributed by atoms with Gasteiger partial charge in [0.05, 0.1) is 37.6 Å². The molecule has 4 rings (SSSR count). The van der Waals surface area contributed by atoms with Crippen molar-refractivity contribution in [2.24, 2.45) is 0 Å². The number of amides is 1. The standard InChI is InChI=1S/C28H28N2O7S/c1-6-36-19-13-12-18(14-20(19)37-7-2)22-21(23(31)17-10-8-15(3)9-11-17)24(32)26(33)30(22)28-29-16(4)25(38-28)27(34)35-5/h8-14,22,31H,6-7H2,1-5H3/b23-21+.